The third-order valence-corrected chi connectivity index (χ3v) is 3.71. The average molecular weight is 322 g/mol. The SMILES string of the molecule is Cc1ccc(-c2cc(C(=O)N[C@H]3CCCNC3)on2)cc1.Cl. The number of hydrogen-bond acceptors (Lipinski definition) is 4. The molecule has 1 aromatic heterocycles. The second-order valence-corrected chi connectivity index (χ2v) is 5.46. The van der Waals surface area contributed by atoms with Gasteiger partial charge in [0.15, 0.2) is 0 Å². The molecule has 0 aliphatic carbocycles. The number of carbonyl (C=O) groups is 1. The topological polar surface area (TPSA) is 67.2 Å². The van der Waals surface area contributed by atoms with Gasteiger partial charge >= 0.3 is 0 Å². The number of hydrogen-bond donors (Lipinski definition) is 2. The highest BCUT2D eigenvalue weighted by atomic mass is 35.5. The Labute approximate surface area is 135 Å². The Balaban J connectivity index is 0.00000176. The van der Waals surface area contributed by atoms with E-state index < -0.39 is 0 Å². The fourth-order valence-corrected chi connectivity index (χ4v) is 2.47. The van der Waals surface area contributed by atoms with E-state index in [1.165, 1.54) is 5.56 Å². The zero-order chi connectivity index (χ0) is 14.7. The third-order valence-electron chi connectivity index (χ3n) is 3.71. The van der Waals surface area contributed by atoms with Crippen LogP contribution in [0.3, 0.4) is 0 Å². The number of aryl methyl sites for hydroxylation is 1. The van der Waals surface area contributed by atoms with Crippen molar-refractivity contribution in [3.05, 3.63) is 41.7 Å². The molecular formula is C16H20ClN3O2. The lowest BCUT2D eigenvalue weighted by molar-refractivity contribution is 0.0893. The number of carbonyl (C=O) groups excluding carboxylic acids is 1. The maximum Gasteiger partial charge on any atom is 0.290 e. The number of rotatable bonds is 3. The van der Waals surface area contributed by atoms with Crippen LogP contribution in [0, 0.1) is 6.92 Å². The van der Waals surface area contributed by atoms with Crippen LogP contribution in [0.5, 0.6) is 0 Å². The Hall–Kier alpha value is -1.85. The number of halogens is 1. The number of piperidine rings is 1. The molecule has 2 heterocycles. The average Bonchev–Trinajstić information content (AvgIpc) is 2.99. The molecule has 6 heteroatoms. The van der Waals surface area contributed by atoms with E-state index in [0.717, 1.165) is 31.5 Å². The van der Waals surface area contributed by atoms with Gasteiger partial charge in [-0.3, -0.25) is 4.79 Å². The molecule has 3 rings (SSSR count). The smallest absolute Gasteiger partial charge is 0.290 e. The molecule has 0 bridgehead atoms. The molecule has 1 aliphatic heterocycles. The van der Waals surface area contributed by atoms with E-state index in [-0.39, 0.29) is 30.1 Å². The van der Waals surface area contributed by atoms with Gasteiger partial charge in [-0.25, -0.2) is 0 Å². The highest BCUT2D eigenvalue weighted by Gasteiger charge is 2.19. The molecule has 1 saturated heterocycles. The number of amides is 1. The normalized spacial score (nSPS) is 17.6. The summed E-state index contributed by atoms with van der Waals surface area (Å²) in [6.07, 6.45) is 2.08. The number of nitrogens with zero attached hydrogens (tertiary/aromatic N) is 1. The maximum absolute atomic E-state index is 12.1. The Morgan fingerprint density at radius 2 is 2.14 bits per heavy atom. The zero-order valence-corrected chi connectivity index (χ0v) is 13.3. The van der Waals surface area contributed by atoms with Crippen molar-refractivity contribution in [1.29, 1.82) is 0 Å². The standard InChI is InChI=1S/C16H19N3O2.ClH/c1-11-4-6-12(7-5-11)14-9-15(21-19-14)16(20)18-13-3-2-8-17-10-13;/h4-7,9,13,17H,2-3,8,10H2,1H3,(H,18,20);1H/t13-;/m0./s1. The van der Waals surface area contributed by atoms with Gasteiger partial charge in [0.2, 0.25) is 5.76 Å². The van der Waals surface area contributed by atoms with Gasteiger partial charge in [-0.05, 0) is 26.3 Å². The van der Waals surface area contributed by atoms with E-state index in [1.54, 1.807) is 6.07 Å². The van der Waals surface area contributed by atoms with Crippen molar-refractivity contribution in [2.24, 2.45) is 0 Å². The molecule has 1 fully saturated rings. The van der Waals surface area contributed by atoms with Crippen LogP contribution in [0.25, 0.3) is 11.3 Å². The van der Waals surface area contributed by atoms with Crippen LogP contribution in [-0.4, -0.2) is 30.2 Å². The van der Waals surface area contributed by atoms with Crippen LogP contribution in [0.2, 0.25) is 0 Å². The summed E-state index contributed by atoms with van der Waals surface area (Å²) in [5.74, 6) is 0.0608. The van der Waals surface area contributed by atoms with Crippen LogP contribution in [-0.2, 0) is 0 Å². The zero-order valence-electron chi connectivity index (χ0n) is 12.5. The molecule has 1 amide bonds. The molecule has 0 spiro atoms. The summed E-state index contributed by atoms with van der Waals surface area (Å²) < 4.78 is 5.17. The molecule has 0 unspecified atom stereocenters. The first-order chi connectivity index (χ1) is 10.2. The first-order valence-corrected chi connectivity index (χ1v) is 7.28. The summed E-state index contributed by atoms with van der Waals surface area (Å²) in [6.45, 7) is 3.86. The largest absolute Gasteiger partial charge is 0.350 e. The van der Waals surface area contributed by atoms with Gasteiger partial charge in [-0.1, -0.05) is 35.0 Å². The lowest BCUT2D eigenvalue weighted by atomic mass is 10.1. The van der Waals surface area contributed by atoms with E-state index in [2.05, 4.69) is 15.8 Å². The maximum atomic E-state index is 12.1. The third kappa shape index (κ3) is 3.87. The number of benzene rings is 1. The van der Waals surface area contributed by atoms with E-state index in [4.69, 9.17) is 4.52 Å². The van der Waals surface area contributed by atoms with Crippen molar-refractivity contribution < 1.29 is 9.32 Å². The van der Waals surface area contributed by atoms with Crippen molar-refractivity contribution in [3.63, 3.8) is 0 Å². The molecule has 118 valence electrons. The van der Waals surface area contributed by atoms with Gasteiger partial charge < -0.3 is 15.2 Å². The molecule has 5 nitrogen and oxygen atoms in total. The van der Waals surface area contributed by atoms with Gasteiger partial charge in [0.25, 0.3) is 5.91 Å². The minimum absolute atomic E-state index is 0. The fraction of sp³-hybridized carbons (Fsp3) is 0.375. The first-order valence-electron chi connectivity index (χ1n) is 7.28. The predicted molar refractivity (Wildman–Crippen MR) is 87.3 cm³/mol. The van der Waals surface area contributed by atoms with Crippen LogP contribution in [0.15, 0.2) is 34.9 Å². The second kappa shape index (κ2) is 7.42. The molecule has 0 radical (unpaired) electrons. The second-order valence-electron chi connectivity index (χ2n) is 5.46. The van der Waals surface area contributed by atoms with Crippen molar-refractivity contribution in [3.8, 4) is 11.3 Å². The number of nitrogens with one attached hydrogen (secondary N) is 2. The van der Waals surface area contributed by atoms with Crippen molar-refractivity contribution >= 4 is 18.3 Å². The summed E-state index contributed by atoms with van der Waals surface area (Å²) in [6, 6.07) is 9.82. The summed E-state index contributed by atoms with van der Waals surface area (Å²) >= 11 is 0. The Kier molecular flexibility index (Phi) is 5.57. The Morgan fingerprint density at radius 3 is 2.82 bits per heavy atom. The van der Waals surface area contributed by atoms with Gasteiger partial charge in [-0.15, -0.1) is 12.4 Å². The molecule has 1 atom stereocenters. The monoisotopic (exact) mass is 321 g/mol. The van der Waals surface area contributed by atoms with E-state index in [0.29, 0.717) is 5.69 Å². The molecule has 1 aliphatic rings. The van der Waals surface area contributed by atoms with Crippen LogP contribution in [0.4, 0.5) is 0 Å². The summed E-state index contributed by atoms with van der Waals surface area (Å²) in [4.78, 5) is 12.1. The summed E-state index contributed by atoms with van der Waals surface area (Å²) in [5.41, 5.74) is 2.81. The van der Waals surface area contributed by atoms with Crippen molar-refractivity contribution in [2.75, 3.05) is 13.1 Å². The van der Waals surface area contributed by atoms with Gasteiger partial charge in [-0.2, -0.15) is 0 Å². The first kappa shape index (κ1) is 16.5. The molecule has 22 heavy (non-hydrogen) atoms. The fourth-order valence-electron chi connectivity index (χ4n) is 2.47. The summed E-state index contributed by atoms with van der Waals surface area (Å²) in [7, 11) is 0. The molecule has 2 aromatic rings. The molecule has 2 N–H and O–H groups in total. The highest BCUT2D eigenvalue weighted by Crippen LogP contribution is 2.19. The lowest BCUT2D eigenvalue weighted by Gasteiger charge is -2.23. The molecular weight excluding hydrogens is 302 g/mol. The Bertz CT molecular complexity index is 619. The minimum atomic E-state index is -0.199. The number of aromatic nitrogens is 1. The van der Waals surface area contributed by atoms with E-state index in [1.807, 2.05) is 31.2 Å². The van der Waals surface area contributed by atoms with Crippen LogP contribution >= 0.6 is 12.4 Å². The quantitative estimate of drug-likeness (QED) is 0.911. The lowest BCUT2D eigenvalue weighted by Crippen LogP contribution is -2.45. The van der Waals surface area contributed by atoms with Gasteiger partial charge in [0.05, 0.1) is 0 Å². The van der Waals surface area contributed by atoms with Gasteiger partial charge in [0, 0.05) is 24.2 Å². The van der Waals surface area contributed by atoms with E-state index in [9.17, 15) is 4.79 Å². The molecule has 1 aromatic carbocycles. The Morgan fingerprint density at radius 1 is 1.36 bits per heavy atom. The van der Waals surface area contributed by atoms with Crippen LogP contribution < -0.4 is 10.6 Å². The van der Waals surface area contributed by atoms with Gasteiger partial charge in [0.1, 0.15) is 5.69 Å². The van der Waals surface area contributed by atoms with Crippen molar-refractivity contribution in [2.45, 2.75) is 25.8 Å². The van der Waals surface area contributed by atoms with E-state index >= 15 is 0 Å². The predicted octanol–water partition coefficient (Wildman–Crippen LogP) is 2.55. The van der Waals surface area contributed by atoms with Crippen molar-refractivity contribution in [1.82, 2.24) is 15.8 Å². The summed E-state index contributed by atoms with van der Waals surface area (Å²) in [5, 5.41) is 10.2. The highest BCUT2D eigenvalue weighted by molar-refractivity contribution is 5.92. The molecule has 0 saturated carbocycles. The van der Waals surface area contributed by atoms with Crippen LogP contribution in [0.1, 0.15) is 29.0 Å². The minimum Gasteiger partial charge on any atom is -0.350 e.